The van der Waals surface area contributed by atoms with Crippen molar-refractivity contribution in [3.05, 3.63) is 24.3 Å². The molecule has 0 bridgehead atoms. The molecule has 1 aliphatic carbocycles. The zero-order valence-electron chi connectivity index (χ0n) is 7.37. The van der Waals surface area contributed by atoms with Gasteiger partial charge in [-0.15, -0.1) is 11.8 Å². The lowest BCUT2D eigenvalue weighted by molar-refractivity contribution is 0.579. The van der Waals surface area contributed by atoms with Crippen LogP contribution in [0.5, 0.6) is 0 Å². The second-order valence-electron chi connectivity index (χ2n) is 3.34. The van der Waals surface area contributed by atoms with Crippen LogP contribution in [0.2, 0.25) is 0 Å². The molecular weight excluding hydrogens is 185 g/mol. The lowest BCUT2D eigenvalue weighted by atomic mass is 10.4. The third kappa shape index (κ3) is 2.44. The van der Waals surface area contributed by atoms with E-state index in [4.69, 9.17) is 0 Å². The van der Waals surface area contributed by atoms with Crippen LogP contribution in [0.4, 0.5) is 4.39 Å². The Bertz CT molecular complexity index is 284. The average molecular weight is 197 g/mol. The molecule has 0 unspecified atom stereocenters. The van der Waals surface area contributed by atoms with Gasteiger partial charge in [-0.3, -0.25) is 0 Å². The van der Waals surface area contributed by atoms with Crippen LogP contribution in [0.1, 0.15) is 25.7 Å². The molecule has 2 rings (SSSR count). The summed E-state index contributed by atoms with van der Waals surface area (Å²) in [5.41, 5.74) is 0. The van der Waals surface area contributed by atoms with Crippen molar-refractivity contribution in [2.45, 2.75) is 35.8 Å². The highest BCUT2D eigenvalue weighted by Crippen LogP contribution is 2.34. The molecule has 0 aromatic carbocycles. The number of nitrogens with zero attached hydrogens (tertiary/aromatic N) is 1. The van der Waals surface area contributed by atoms with E-state index in [1.807, 2.05) is 6.07 Å². The zero-order chi connectivity index (χ0) is 9.10. The van der Waals surface area contributed by atoms with E-state index < -0.39 is 0 Å². The van der Waals surface area contributed by atoms with E-state index in [0.29, 0.717) is 5.25 Å². The summed E-state index contributed by atoms with van der Waals surface area (Å²) in [6.45, 7) is 0. The zero-order valence-corrected chi connectivity index (χ0v) is 8.19. The number of hydrogen-bond acceptors (Lipinski definition) is 2. The first-order valence-corrected chi connectivity index (χ1v) is 5.51. The van der Waals surface area contributed by atoms with Gasteiger partial charge >= 0.3 is 0 Å². The normalized spacial score (nSPS) is 17.9. The lowest BCUT2D eigenvalue weighted by Crippen LogP contribution is -1.93. The molecule has 1 aliphatic rings. The second-order valence-corrected chi connectivity index (χ2v) is 4.71. The third-order valence-corrected chi connectivity index (χ3v) is 3.63. The van der Waals surface area contributed by atoms with Crippen LogP contribution >= 0.6 is 11.8 Å². The van der Waals surface area contributed by atoms with Gasteiger partial charge in [0.15, 0.2) is 0 Å². The van der Waals surface area contributed by atoms with Gasteiger partial charge in [-0.1, -0.05) is 12.8 Å². The topological polar surface area (TPSA) is 12.9 Å². The highest BCUT2D eigenvalue weighted by molar-refractivity contribution is 8.00. The molecule has 3 heteroatoms. The molecule has 0 N–H and O–H groups in total. The van der Waals surface area contributed by atoms with Crippen LogP contribution in [0.15, 0.2) is 23.2 Å². The van der Waals surface area contributed by atoms with E-state index in [9.17, 15) is 4.39 Å². The molecule has 13 heavy (non-hydrogen) atoms. The molecule has 1 aromatic rings. The maximum absolute atomic E-state index is 12.7. The first kappa shape index (κ1) is 9.00. The fourth-order valence-corrected chi connectivity index (χ4v) is 2.92. The van der Waals surface area contributed by atoms with Crippen LogP contribution in [-0.2, 0) is 0 Å². The number of halogens is 1. The monoisotopic (exact) mass is 197 g/mol. The van der Waals surface area contributed by atoms with Gasteiger partial charge in [0.05, 0.1) is 0 Å². The Morgan fingerprint density at radius 1 is 1.38 bits per heavy atom. The molecule has 0 aliphatic heterocycles. The Labute approximate surface area is 81.8 Å². The van der Waals surface area contributed by atoms with Gasteiger partial charge in [0.1, 0.15) is 0 Å². The minimum absolute atomic E-state index is 0.372. The van der Waals surface area contributed by atoms with Crippen molar-refractivity contribution in [2.24, 2.45) is 0 Å². The number of hydrogen-bond donors (Lipinski definition) is 0. The molecule has 70 valence electrons. The van der Waals surface area contributed by atoms with E-state index >= 15 is 0 Å². The van der Waals surface area contributed by atoms with Crippen molar-refractivity contribution in [3.63, 3.8) is 0 Å². The summed E-state index contributed by atoms with van der Waals surface area (Å²) in [4.78, 5) is 4.55. The van der Waals surface area contributed by atoms with Crippen molar-refractivity contribution >= 4 is 11.8 Å². The summed E-state index contributed by atoms with van der Waals surface area (Å²) < 4.78 is 12.7. The summed E-state index contributed by atoms with van der Waals surface area (Å²) in [6.07, 6.45) is 6.73. The van der Waals surface area contributed by atoms with Gasteiger partial charge in [0.25, 0.3) is 0 Å². The molecule has 0 amide bonds. The van der Waals surface area contributed by atoms with Crippen molar-refractivity contribution in [2.75, 3.05) is 0 Å². The van der Waals surface area contributed by atoms with E-state index in [0.717, 1.165) is 4.90 Å². The lowest BCUT2D eigenvalue weighted by Gasteiger charge is -2.07. The Morgan fingerprint density at radius 3 is 2.85 bits per heavy atom. The third-order valence-electron chi connectivity index (χ3n) is 2.30. The Kier molecular flexibility index (Phi) is 2.83. The van der Waals surface area contributed by atoms with Crippen LogP contribution in [-0.4, -0.2) is 10.2 Å². The summed E-state index contributed by atoms with van der Waals surface area (Å²) in [5.74, 6) is -0.372. The van der Waals surface area contributed by atoms with Crippen LogP contribution < -0.4 is 0 Å². The fraction of sp³-hybridized carbons (Fsp3) is 0.500. The maximum Gasteiger partial charge on any atom is 0.213 e. The summed E-state index contributed by atoms with van der Waals surface area (Å²) in [6, 6.07) is 3.40. The molecule has 1 fully saturated rings. The molecule has 0 radical (unpaired) electrons. The van der Waals surface area contributed by atoms with Crippen molar-refractivity contribution in [1.29, 1.82) is 0 Å². The maximum atomic E-state index is 12.7. The Morgan fingerprint density at radius 2 is 2.15 bits per heavy atom. The number of thioether (sulfide) groups is 1. The largest absolute Gasteiger partial charge is 0.228 e. The first-order chi connectivity index (χ1) is 6.34. The predicted octanol–water partition coefficient (Wildman–Crippen LogP) is 3.26. The predicted molar refractivity (Wildman–Crippen MR) is 52.3 cm³/mol. The van der Waals surface area contributed by atoms with Crippen molar-refractivity contribution in [1.82, 2.24) is 4.98 Å². The Balaban J connectivity index is 2.00. The van der Waals surface area contributed by atoms with Crippen LogP contribution in [0.3, 0.4) is 0 Å². The molecule has 1 nitrogen and oxygen atoms in total. The van der Waals surface area contributed by atoms with Gasteiger partial charge in [0, 0.05) is 22.4 Å². The molecule has 1 heterocycles. The van der Waals surface area contributed by atoms with Gasteiger partial charge in [-0.25, -0.2) is 4.98 Å². The fourth-order valence-electron chi connectivity index (χ4n) is 1.66. The molecular formula is C10H12FNS. The molecule has 0 saturated heterocycles. The number of aromatic nitrogens is 1. The summed E-state index contributed by atoms with van der Waals surface area (Å²) >= 11 is 1.79. The standard InChI is InChI=1S/C10H12FNS/c11-10-7-9(5-6-12-10)13-8-3-1-2-4-8/h5-8H,1-4H2. The van der Waals surface area contributed by atoms with E-state index in [1.54, 1.807) is 11.8 Å². The summed E-state index contributed by atoms with van der Waals surface area (Å²) in [7, 11) is 0. The van der Waals surface area contributed by atoms with Crippen LogP contribution in [0, 0.1) is 5.95 Å². The van der Waals surface area contributed by atoms with Crippen molar-refractivity contribution in [3.8, 4) is 0 Å². The van der Waals surface area contributed by atoms with Gasteiger partial charge < -0.3 is 0 Å². The smallest absolute Gasteiger partial charge is 0.213 e. The van der Waals surface area contributed by atoms with Crippen LogP contribution in [0.25, 0.3) is 0 Å². The number of pyridine rings is 1. The minimum Gasteiger partial charge on any atom is -0.228 e. The van der Waals surface area contributed by atoms with E-state index in [1.165, 1.54) is 37.9 Å². The summed E-state index contributed by atoms with van der Waals surface area (Å²) in [5, 5.41) is 0.696. The molecule has 1 saturated carbocycles. The highest BCUT2D eigenvalue weighted by atomic mass is 32.2. The number of rotatable bonds is 2. The molecule has 0 spiro atoms. The Hall–Kier alpha value is -0.570. The quantitative estimate of drug-likeness (QED) is 0.675. The molecule has 0 atom stereocenters. The SMILES string of the molecule is Fc1cc(SC2CCCC2)ccn1. The van der Waals surface area contributed by atoms with Crippen molar-refractivity contribution < 1.29 is 4.39 Å². The van der Waals surface area contributed by atoms with E-state index in [2.05, 4.69) is 4.98 Å². The van der Waals surface area contributed by atoms with Gasteiger partial charge in [-0.05, 0) is 18.9 Å². The van der Waals surface area contributed by atoms with Gasteiger partial charge in [0.2, 0.25) is 5.95 Å². The minimum atomic E-state index is -0.372. The average Bonchev–Trinajstić information content (AvgIpc) is 2.57. The van der Waals surface area contributed by atoms with Gasteiger partial charge in [-0.2, -0.15) is 4.39 Å². The first-order valence-electron chi connectivity index (χ1n) is 4.63. The molecule has 1 aromatic heterocycles. The highest BCUT2D eigenvalue weighted by Gasteiger charge is 2.16. The second kappa shape index (κ2) is 4.09. The van der Waals surface area contributed by atoms with E-state index in [-0.39, 0.29) is 5.95 Å².